The lowest BCUT2D eigenvalue weighted by Crippen LogP contribution is -2.14. The molecule has 0 aromatic heterocycles. The van der Waals surface area contributed by atoms with Crippen LogP contribution in [-0.2, 0) is 4.57 Å². The predicted octanol–water partition coefficient (Wildman–Crippen LogP) is 6.10. The molecule has 0 aliphatic carbocycles. The minimum atomic E-state index is -3.93. The van der Waals surface area contributed by atoms with Gasteiger partial charge in [-0.05, 0) is 19.3 Å². The molecule has 1 unspecified atom stereocenters. The van der Waals surface area contributed by atoms with E-state index in [1.54, 1.807) is 0 Å². The summed E-state index contributed by atoms with van der Waals surface area (Å²) >= 11 is 0. The molecule has 0 rings (SSSR count). The highest BCUT2D eigenvalue weighted by Gasteiger charge is 2.46. The Balaban J connectivity index is 3.75. The molecule has 0 spiro atoms. The zero-order chi connectivity index (χ0) is 17.1. The molecule has 0 aromatic rings. The highest BCUT2D eigenvalue weighted by atomic mass is 31.2. The van der Waals surface area contributed by atoms with Crippen molar-refractivity contribution in [2.24, 2.45) is 0 Å². The Morgan fingerprint density at radius 3 is 1.59 bits per heavy atom. The van der Waals surface area contributed by atoms with Crippen LogP contribution in [0.1, 0.15) is 84.5 Å². The molecular formula is C17H39O3P2+. The van der Waals surface area contributed by atoms with Gasteiger partial charge >= 0.3 is 7.60 Å². The van der Waals surface area contributed by atoms with Gasteiger partial charge < -0.3 is 9.79 Å². The molecule has 0 saturated heterocycles. The van der Waals surface area contributed by atoms with Crippen molar-refractivity contribution in [1.29, 1.82) is 0 Å². The summed E-state index contributed by atoms with van der Waals surface area (Å²) in [5, 5.41) is -0.390. The summed E-state index contributed by atoms with van der Waals surface area (Å²) in [6.45, 7) is 8.39. The van der Waals surface area contributed by atoms with Gasteiger partial charge in [-0.1, -0.05) is 65.2 Å². The van der Waals surface area contributed by atoms with Crippen LogP contribution in [0.3, 0.4) is 0 Å². The number of rotatable bonds is 14. The molecular weight excluding hydrogens is 314 g/mol. The first-order chi connectivity index (χ1) is 10.3. The smallest absolute Gasteiger partial charge is 0.322 e. The SMILES string of the molecule is CCCCCCCCCCCC[P+](C)(C)C(CC)P(=O)(O)O. The summed E-state index contributed by atoms with van der Waals surface area (Å²) in [5.74, 6) is 0. The highest BCUT2D eigenvalue weighted by Crippen LogP contribution is 2.69. The first-order valence-corrected chi connectivity index (χ1v) is 13.8. The van der Waals surface area contributed by atoms with Gasteiger partial charge in [-0.2, -0.15) is 0 Å². The van der Waals surface area contributed by atoms with Crippen molar-refractivity contribution in [3.63, 3.8) is 0 Å². The maximum absolute atomic E-state index is 11.6. The number of hydrogen-bond donors (Lipinski definition) is 2. The molecule has 2 N–H and O–H groups in total. The molecule has 0 aliphatic rings. The Bertz CT molecular complexity index is 313. The van der Waals surface area contributed by atoms with Crippen molar-refractivity contribution in [2.45, 2.75) is 89.9 Å². The van der Waals surface area contributed by atoms with Crippen LogP contribution in [0.15, 0.2) is 0 Å². The van der Waals surface area contributed by atoms with Crippen molar-refractivity contribution in [3.05, 3.63) is 0 Å². The summed E-state index contributed by atoms with van der Waals surface area (Å²) in [5.41, 5.74) is 0. The summed E-state index contributed by atoms with van der Waals surface area (Å²) in [6.07, 6.45) is 14.7. The maximum atomic E-state index is 11.6. The van der Waals surface area contributed by atoms with E-state index in [-0.39, 0.29) is 0 Å². The lowest BCUT2D eigenvalue weighted by atomic mass is 10.1. The molecule has 134 valence electrons. The molecule has 22 heavy (non-hydrogen) atoms. The van der Waals surface area contributed by atoms with E-state index in [1.165, 1.54) is 57.8 Å². The molecule has 0 amide bonds. The van der Waals surface area contributed by atoms with E-state index >= 15 is 0 Å². The molecule has 0 aliphatic heterocycles. The Labute approximate surface area is 139 Å². The van der Waals surface area contributed by atoms with Gasteiger partial charge in [0.2, 0.25) is 0 Å². The quantitative estimate of drug-likeness (QED) is 0.293. The third-order valence-corrected chi connectivity index (χ3v) is 12.0. The van der Waals surface area contributed by atoms with Gasteiger partial charge in [0.05, 0.1) is 6.16 Å². The second kappa shape index (κ2) is 12.0. The van der Waals surface area contributed by atoms with E-state index in [0.717, 1.165) is 12.6 Å². The summed E-state index contributed by atoms with van der Waals surface area (Å²) in [6, 6.07) is 0. The third-order valence-electron chi connectivity index (χ3n) is 4.65. The second-order valence-electron chi connectivity index (χ2n) is 7.16. The number of hydrogen-bond acceptors (Lipinski definition) is 1. The molecule has 0 heterocycles. The first kappa shape index (κ1) is 22.6. The third kappa shape index (κ3) is 10.4. The zero-order valence-electron chi connectivity index (χ0n) is 15.3. The zero-order valence-corrected chi connectivity index (χ0v) is 17.0. The van der Waals surface area contributed by atoms with E-state index in [9.17, 15) is 14.4 Å². The Morgan fingerprint density at radius 1 is 0.818 bits per heavy atom. The van der Waals surface area contributed by atoms with Gasteiger partial charge in [-0.3, -0.25) is 4.57 Å². The van der Waals surface area contributed by atoms with Crippen LogP contribution in [-0.4, -0.2) is 34.7 Å². The van der Waals surface area contributed by atoms with Crippen LogP contribution in [0.5, 0.6) is 0 Å². The van der Waals surface area contributed by atoms with Crippen molar-refractivity contribution < 1.29 is 14.4 Å². The number of unbranched alkanes of at least 4 members (excludes halogenated alkanes) is 9. The van der Waals surface area contributed by atoms with Gasteiger partial charge in [0, 0.05) is 20.6 Å². The van der Waals surface area contributed by atoms with E-state index < -0.39 is 20.3 Å². The fourth-order valence-electron chi connectivity index (χ4n) is 3.30. The summed E-state index contributed by atoms with van der Waals surface area (Å²) in [4.78, 5) is 19.0. The van der Waals surface area contributed by atoms with E-state index in [1.807, 2.05) is 6.92 Å². The van der Waals surface area contributed by atoms with E-state index in [2.05, 4.69) is 20.3 Å². The summed E-state index contributed by atoms with van der Waals surface area (Å²) in [7, 11) is -5.44. The predicted molar refractivity (Wildman–Crippen MR) is 102 cm³/mol. The molecule has 0 aromatic carbocycles. The van der Waals surface area contributed by atoms with Crippen LogP contribution in [0.4, 0.5) is 0 Å². The maximum Gasteiger partial charge on any atom is 0.365 e. The highest BCUT2D eigenvalue weighted by molar-refractivity contribution is 7.84. The topological polar surface area (TPSA) is 57.5 Å². The minimum Gasteiger partial charge on any atom is -0.322 e. The molecule has 0 saturated carbocycles. The normalized spacial score (nSPS) is 14.3. The first-order valence-electron chi connectivity index (χ1n) is 9.13. The fraction of sp³-hybridized carbons (Fsp3) is 1.00. The average Bonchev–Trinajstić information content (AvgIpc) is 2.39. The fourth-order valence-corrected chi connectivity index (χ4v) is 9.70. The van der Waals surface area contributed by atoms with Gasteiger partial charge in [0.15, 0.2) is 5.40 Å². The van der Waals surface area contributed by atoms with Crippen molar-refractivity contribution >= 4 is 14.9 Å². The van der Waals surface area contributed by atoms with Gasteiger partial charge in [-0.25, -0.2) is 0 Å². The van der Waals surface area contributed by atoms with Gasteiger partial charge in [0.25, 0.3) is 0 Å². The molecule has 5 heteroatoms. The lowest BCUT2D eigenvalue weighted by Gasteiger charge is -2.27. The Hall–Kier alpha value is 0.580. The van der Waals surface area contributed by atoms with Crippen molar-refractivity contribution in [3.8, 4) is 0 Å². The monoisotopic (exact) mass is 353 g/mol. The van der Waals surface area contributed by atoms with Crippen LogP contribution < -0.4 is 0 Å². The van der Waals surface area contributed by atoms with Gasteiger partial charge in [-0.15, -0.1) is 0 Å². The molecule has 3 nitrogen and oxygen atoms in total. The Morgan fingerprint density at radius 2 is 1.23 bits per heavy atom. The van der Waals surface area contributed by atoms with Crippen LogP contribution in [0.2, 0.25) is 0 Å². The van der Waals surface area contributed by atoms with Crippen LogP contribution >= 0.6 is 14.9 Å². The molecule has 0 bridgehead atoms. The molecule has 0 fully saturated rings. The second-order valence-corrected chi connectivity index (χ2v) is 14.0. The van der Waals surface area contributed by atoms with Crippen molar-refractivity contribution in [1.82, 2.24) is 0 Å². The largest absolute Gasteiger partial charge is 0.365 e. The molecule has 1 atom stereocenters. The van der Waals surface area contributed by atoms with E-state index in [0.29, 0.717) is 6.42 Å². The average molecular weight is 353 g/mol. The van der Waals surface area contributed by atoms with Crippen LogP contribution in [0.25, 0.3) is 0 Å². The van der Waals surface area contributed by atoms with Crippen molar-refractivity contribution in [2.75, 3.05) is 19.5 Å². The Kier molecular flexibility index (Phi) is 12.3. The summed E-state index contributed by atoms with van der Waals surface area (Å²) < 4.78 is 11.6. The molecule has 0 radical (unpaired) electrons. The lowest BCUT2D eigenvalue weighted by molar-refractivity contribution is 0.367. The van der Waals surface area contributed by atoms with E-state index in [4.69, 9.17) is 0 Å². The van der Waals surface area contributed by atoms with Gasteiger partial charge in [0.1, 0.15) is 0 Å². The standard InChI is InChI=1S/C17H38O3P2/c1-5-7-8-9-10-11-12-13-14-15-16-21(3,4)17(6-2)22(18,19)20/h17H,5-16H2,1-4H3,(H-,18,19,20)/p+1. The van der Waals surface area contributed by atoms with Crippen LogP contribution in [0, 0.1) is 0 Å². The minimum absolute atomic E-state index is 0.390.